The Balaban J connectivity index is 1.96. The van der Waals surface area contributed by atoms with E-state index in [1.54, 1.807) is 12.1 Å². The first-order valence-corrected chi connectivity index (χ1v) is 7.14. The van der Waals surface area contributed by atoms with Crippen LogP contribution in [0.15, 0.2) is 52.0 Å². The van der Waals surface area contributed by atoms with E-state index in [4.69, 9.17) is 0 Å². The molecule has 0 unspecified atom stereocenters. The fraction of sp³-hybridized carbons (Fsp3) is 0. The number of hydrogen-bond acceptors (Lipinski definition) is 4. The summed E-state index contributed by atoms with van der Waals surface area (Å²) in [6, 6.07) is 10.1. The number of halogens is 2. The van der Waals surface area contributed by atoms with Gasteiger partial charge in [-0.15, -0.1) is 0 Å². The van der Waals surface area contributed by atoms with Gasteiger partial charge in [-0.1, -0.05) is 28.1 Å². The molecule has 0 saturated heterocycles. The fourth-order valence-corrected chi connectivity index (χ4v) is 1.96. The summed E-state index contributed by atoms with van der Waals surface area (Å²) in [5, 5.41) is 15.3. The van der Waals surface area contributed by atoms with E-state index in [1.165, 1.54) is 30.5 Å². The first-order valence-electron chi connectivity index (χ1n) is 6.35. The van der Waals surface area contributed by atoms with Crippen LogP contribution < -0.4 is 10.7 Å². The van der Waals surface area contributed by atoms with Crippen molar-refractivity contribution in [3.63, 3.8) is 0 Å². The maximum absolute atomic E-state index is 13.4. The Hall–Kier alpha value is -2.74. The van der Waals surface area contributed by atoms with Crippen molar-refractivity contribution in [2.24, 2.45) is 5.10 Å². The number of para-hydroxylation sites is 1. The van der Waals surface area contributed by atoms with E-state index in [0.717, 1.165) is 6.07 Å². The van der Waals surface area contributed by atoms with Crippen molar-refractivity contribution < 1.29 is 19.1 Å². The molecule has 0 aliphatic carbocycles. The Morgan fingerprint density at radius 1 is 1.17 bits per heavy atom. The van der Waals surface area contributed by atoms with Crippen LogP contribution in [0.4, 0.5) is 10.1 Å². The van der Waals surface area contributed by atoms with Gasteiger partial charge in [-0.3, -0.25) is 9.59 Å². The topological polar surface area (TPSA) is 90.8 Å². The third-order valence-corrected chi connectivity index (χ3v) is 3.18. The van der Waals surface area contributed by atoms with Crippen molar-refractivity contribution in [1.82, 2.24) is 5.43 Å². The first-order chi connectivity index (χ1) is 11.0. The van der Waals surface area contributed by atoms with Crippen molar-refractivity contribution in [3.05, 3.63) is 58.3 Å². The molecule has 0 radical (unpaired) electrons. The largest absolute Gasteiger partial charge is 0.507 e. The number of aromatic hydroxyl groups is 1. The van der Waals surface area contributed by atoms with Gasteiger partial charge in [-0.05, 0) is 30.3 Å². The molecule has 3 N–H and O–H groups in total. The molecule has 2 aromatic carbocycles. The highest BCUT2D eigenvalue weighted by Crippen LogP contribution is 2.19. The van der Waals surface area contributed by atoms with Crippen molar-refractivity contribution >= 4 is 39.6 Å². The van der Waals surface area contributed by atoms with Gasteiger partial charge < -0.3 is 10.4 Å². The number of nitrogens with zero attached hydrogens (tertiary/aromatic N) is 1. The second-order valence-corrected chi connectivity index (χ2v) is 5.25. The number of carbonyl (C=O) groups excluding carboxylic acids is 2. The Morgan fingerprint density at radius 3 is 2.65 bits per heavy atom. The minimum atomic E-state index is -1.07. The lowest BCUT2D eigenvalue weighted by Gasteiger charge is -2.04. The molecule has 0 bridgehead atoms. The molecule has 0 spiro atoms. The fourth-order valence-electron chi connectivity index (χ4n) is 1.58. The molecule has 0 atom stereocenters. The monoisotopic (exact) mass is 379 g/mol. The number of anilines is 1. The van der Waals surface area contributed by atoms with Gasteiger partial charge in [0.05, 0.1) is 11.9 Å². The number of nitrogens with one attached hydrogen (secondary N) is 2. The molecule has 23 heavy (non-hydrogen) atoms. The number of benzene rings is 2. The quantitative estimate of drug-likeness (QED) is 0.434. The molecule has 0 aliphatic heterocycles. The van der Waals surface area contributed by atoms with Crippen LogP contribution >= 0.6 is 15.9 Å². The number of hydrogen-bond donors (Lipinski definition) is 3. The summed E-state index contributed by atoms with van der Waals surface area (Å²) < 4.78 is 14.1. The van der Waals surface area contributed by atoms with E-state index < -0.39 is 17.6 Å². The highest BCUT2D eigenvalue weighted by molar-refractivity contribution is 9.10. The van der Waals surface area contributed by atoms with Crippen LogP contribution in [0.25, 0.3) is 0 Å². The maximum Gasteiger partial charge on any atom is 0.329 e. The number of carbonyl (C=O) groups is 2. The van der Waals surface area contributed by atoms with Gasteiger partial charge in [0.25, 0.3) is 0 Å². The highest BCUT2D eigenvalue weighted by atomic mass is 79.9. The minimum Gasteiger partial charge on any atom is -0.507 e. The molecule has 2 aromatic rings. The van der Waals surface area contributed by atoms with Crippen molar-refractivity contribution in [2.75, 3.05) is 5.32 Å². The van der Waals surface area contributed by atoms with Crippen LogP contribution in [-0.4, -0.2) is 23.1 Å². The summed E-state index contributed by atoms with van der Waals surface area (Å²) in [4.78, 5) is 23.2. The third-order valence-electron chi connectivity index (χ3n) is 2.69. The normalized spacial score (nSPS) is 10.5. The zero-order chi connectivity index (χ0) is 16.8. The molecule has 2 amide bonds. The average molecular weight is 380 g/mol. The molecular weight excluding hydrogens is 369 g/mol. The molecule has 118 valence electrons. The minimum absolute atomic E-state index is 0.0398. The average Bonchev–Trinajstić information content (AvgIpc) is 2.52. The van der Waals surface area contributed by atoms with Crippen LogP contribution in [0.2, 0.25) is 0 Å². The Bertz CT molecular complexity index is 780. The highest BCUT2D eigenvalue weighted by Gasteiger charge is 2.14. The first kappa shape index (κ1) is 16.6. The lowest BCUT2D eigenvalue weighted by molar-refractivity contribution is -0.136. The number of hydrazone groups is 1. The van der Waals surface area contributed by atoms with Gasteiger partial charge in [0.15, 0.2) is 0 Å². The Kier molecular flexibility index (Phi) is 5.42. The summed E-state index contributed by atoms with van der Waals surface area (Å²) >= 11 is 3.22. The lowest BCUT2D eigenvalue weighted by Crippen LogP contribution is -2.32. The molecule has 0 saturated carbocycles. The van der Waals surface area contributed by atoms with E-state index in [9.17, 15) is 19.1 Å². The number of rotatable bonds is 3. The summed E-state index contributed by atoms with van der Waals surface area (Å²) in [5.41, 5.74) is 2.22. The van der Waals surface area contributed by atoms with Gasteiger partial charge in [0, 0.05) is 10.0 Å². The van der Waals surface area contributed by atoms with Crippen molar-refractivity contribution in [1.29, 1.82) is 0 Å². The standard InChI is InChI=1S/C15H11BrFN3O3/c16-10-5-6-13(21)9(7-10)8-18-20-15(23)14(22)19-12-4-2-1-3-11(12)17/h1-8,21H,(H,19,22)(H,20,23). The van der Waals surface area contributed by atoms with Crippen LogP contribution in [0, 0.1) is 5.82 Å². The van der Waals surface area contributed by atoms with Gasteiger partial charge in [-0.2, -0.15) is 5.10 Å². The van der Waals surface area contributed by atoms with Gasteiger partial charge in [0.1, 0.15) is 11.6 Å². The SMILES string of the molecule is O=C(NN=Cc1cc(Br)ccc1O)C(=O)Nc1ccccc1F. The number of phenolic OH excluding ortho intramolecular Hbond substituents is 1. The summed E-state index contributed by atoms with van der Waals surface area (Å²) in [6.07, 6.45) is 1.17. The summed E-state index contributed by atoms with van der Waals surface area (Å²) in [5.74, 6) is -2.83. The van der Waals surface area contributed by atoms with Crippen LogP contribution in [-0.2, 0) is 9.59 Å². The van der Waals surface area contributed by atoms with Crippen LogP contribution in [0.5, 0.6) is 5.75 Å². The number of amides is 2. The van der Waals surface area contributed by atoms with E-state index in [2.05, 4.69) is 26.3 Å². The molecule has 2 rings (SSSR count). The molecule has 0 fully saturated rings. The van der Waals surface area contributed by atoms with Crippen LogP contribution in [0.1, 0.15) is 5.56 Å². The maximum atomic E-state index is 13.4. The predicted octanol–water partition coefficient (Wildman–Crippen LogP) is 2.38. The molecule has 0 aliphatic rings. The van der Waals surface area contributed by atoms with Gasteiger partial charge >= 0.3 is 11.8 Å². The van der Waals surface area contributed by atoms with E-state index >= 15 is 0 Å². The molecule has 6 nitrogen and oxygen atoms in total. The molecule has 0 heterocycles. The lowest BCUT2D eigenvalue weighted by atomic mass is 10.2. The summed E-state index contributed by atoms with van der Waals surface area (Å²) in [6.45, 7) is 0. The Morgan fingerprint density at radius 2 is 1.91 bits per heavy atom. The van der Waals surface area contributed by atoms with Gasteiger partial charge in [-0.25, -0.2) is 9.82 Å². The number of phenols is 1. The van der Waals surface area contributed by atoms with E-state index in [1.807, 2.05) is 5.43 Å². The van der Waals surface area contributed by atoms with Crippen molar-refractivity contribution in [2.45, 2.75) is 0 Å². The molecule has 8 heteroatoms. The zero-order valence-corrected chi connectivity index (χ0v) is 13.2. The summed E-state index contributed by atoms with van der Waals surface area (Å²) in [7, 11) is 0. The van der Waals surface area contributed by atoms with Crippen molar-refractivity contribution in [3.8, 4) is 5.75 Å². The zero-order valence-electron chi connectivity index (χ0n) is 11.6. The predicted molar refractivity (Wildman–Crippen MR) is 86.6 cm³/mol. The second kappa shape index (κ2) is 7.50. The third kappa shape index (κ3) is 4.62. The van der Waals surface area contributed by atoms with Gasteiger partial charge in [0.2, 0.25) is 0 Å². The Labute approximate surface area is 139 Å². The molecular formula is C15H11BrFN3O3. The smallest absolute Gasteiger partial charge is 0.329 e. The van der Waals surface area contributed by atoms with E-state index in [0.29, 0.717) is 10.0 Å². The molecule has 0 aromatic heterocycles. The van der Waals surface area contributed by atoms with E-state index in [-0.39, 0.29) is 11.4 Å². The second-order valence-electron chi connectivity index (χ2n) is 4.34. The van der Waals surface area contributed by atoms with Crippen LogP contribution in [0.3, 0.4) is 0 Å².